The van der Waals surface area contributed by atoms with Gasteiger partial charge < -0.3 is 9.47 Å². The number of rotatable bonds is 0. The molecule has 1 spiro atoms. The highest BCUT2D eigenvalue weighted by molar-refractivity contribution is 5.48. The molecule has 0 aromatic carbocycles. The number of allylic oxidation sites excluding steroid dienone is 2. The van der Waals surface area contributed by atoms with Gasteiger partial charge in [0.15, 0.2) is 0 Å². The zero-order valence-electron chi connectivity index (χ0n) is 5.99. The van der Waals surface area contributed by atoms with Crippen LogP contribution in [-0.2, 0) is 9.47 Å². The highest BCUT2D eigenvalue weighted by Crippen LogP contribution is 2.61. The van der Waals surface area contributed by atoms with Crippen molar-refractivity contribution in [3.05, 3.63) is 23.8 Å². The molecule has 0 bridgehead atoms. The molecule has 0 radical (unpaired) electrons. The third-order valence-electron chi connectivity index (χ3n) is 3.18. The summed E-state index contributed by atoms with van der Waals surface area (Å²) in [6, 6.07) is 0. The topological polar surface area (TPSA) is 25.1 Å². The van der Waals surface area contributed by atoms with Gasteiger partial charge >= 0.3 is 0 Å². The quantitative estimate of drug-likeness (QED) is 0.474. The molecule has 4 aliphatic rings. The third kappa shape index (κ3) is 0.411. The van der Waals surface area contributed by atoms with Gasteiger partial charge in [-0.15, -0.1) is 0 Å². The van der Waals surface area contributed by atoms with Crippen LogP contribution in [0.1, 0.15) is 6.42 Å². The fraction of sp³-hybridized carbons (Fsp3) is 0.556. The van der Waals surface area contributed by atoms with Crippen LogP contribution in [-0.4, -0.2) is 23.9 Å². The molecule has 11 heavy (non-hydrogen) atoms. The van der Waals surface area contributed by atoms with Crippen LogP contribution in [0.15, 0.2) is 23.8 Å². The summed E-state index contributed by atoms with van der Waals surface area (Å²) in [5.41, 5.74) is 1.53. The van der Waals surface area contributed by atoms with Crippen LogP contribution >= 0.6 is 0 Å². The van der Waals surface area contributed by atoms with Crippen molar-refractivity contribution in [2.75, 3.05) is 0 Å². The monoisotopic (exact) mass is 148 g/mol. The lowest BCUT2D eigenvalue weighted by Gasteiger charge is -2.10. The lowest BCUT2D eigenvalue weighted by molar-refractivity contribution is 0.258. The van der Waals surface area contributed by atoms with E-state index in [-0.39, 0.29) is 5.60 Å². The highest BCUT2D eigenvalue weighted by atomic mass is 16.6. The molecule has 0 aromatic heterocycles. The maximum absolute atomic E-state index is 5.66. The van der Waals surface area contributed by atoms with E-state index >= 15 is 0 Å². The lowest BCUT2D eigenvalue weighted by atomic mass is 9.93. The SMILES string of the molecule is C1=CC2OC23CC2OC2C3=C1. The molecule has 2 heterocycles. The molecule has 2 saturated heterocycles. The Labute approximate surface area is 64.5 Å². The van der Waals surface area contributed by atoms with Gasteiger partial charge in [0.25, 0.3) is 0 Å². The molecule has 56 valence electrons. The largest absolute Gasteiger partial charge is 0.365 e. The number of hydrogen-bond donors (Lipinski definition) is 0. The molecule has 2 aliphatic heterocycles. The van der Waals surface area contributed by atoms with Crippen molar-refractivity contribution >= 4 is 0 Å². The Morgan fingerprint density at radius 1 is 1.55 bits per heavy atom. The van der Waals surface area contributed by atoms with Crippen LogP contribution in [0.2, 0.25) is 0 Å². The number of ether oxygens (including phenoxy) is 2. The van der Waals surface area contributed by atoms with E-state index in [4.69, 9.17) is 9.47 Å². The first-order valence-corrected chi connectivity index (χ1v) is 4.12. The summed E-state index contributed by atoms with van der Waals surface area (Å²) in [6.07, 6.45) is 8.80. The highest BCUT2D eigenvalue weighted by Gasteiger charge is 2.71. The normalized spacial score (nSPS) is 61.1. The molecule has 2 heteroatoms. The molecule has 3 fully saturated rings. The van der Waals surface area contributed by atoms with Gasteiger partial charge in [-0.1, -0.05) is 18.2 Å². The van der Waals surface area contributed by atoms with Crippen LogP contribution in [0.5, 0.6) is 0 Å². The van der Waals surface area contributed by atoms with Crippen molar-refractivity contribution in [2.45, 2.75) is 30.3 Å². The zero-order valence-corrected chi connectivity index (χ0v) is 5.99. The van der Waals surface area contributed by atoms with E-state index < -0.39 is 0 Å². The van der Waals surface area contributed by atoms with Gasteiger partial charge in [0, 0.05) is 6.42 Å². The zero-order chi connectivity index (χ0) is 7.05. The third-order valence-corrected chi connectivity index (χ3v) is 3.18. The molecule has 0 N–H and O–H groups in total. The van der Waals surface area contributed by atoms with Crippen LogP contribution in [0.4, 0.5) is 0 Å². The molecule has 0 amide bonds. The van der Waals surface area contributed by atoms with Crippen molar-refractivity contribution < 1.29 is 9.47 Å². The second-order valence-corrected chi connectivity index (χ2v) is 3.73. The van der Waals surface area contributed by atoms with E-state index in [2.05, 4.69) is 18.2 Å². The minimum Gasteiger partial charge on any atom is -0.365 e. The Morgan fingerprint density at radius 2 is 2.55 bits per heavy atom. The van der Waals surface area contributed by atoms with E-state index in [9.17, 15) is 0 Å². The molecule has 2 nitrogen and oxygen atoms in total. The lowest BCUT2D eigenvalue weighted by Crippen LogP contribution is -2.18. The van der Waals surface area contributed by atoms with Crippen LogP contribution < -0.4 is 0 Å². The number of fused-ring (bicyclic) bond motifs is 2. The maximum atomic E-state index is 5.66. The van der Waals surface area contributed by atoms with E-state index in [1.807, 2.05) is 0 Å². The summed E-state index contributed by atoms with van der Waals surface area (Å²) in [5, 5.41) is 0. The van der Waals surface area contributed by atoms with E-state index in [0.29, 0.717) is 18.3 Å². The minimum absolute atomic E-state index is 0.127. The predicted octanol–water partition coefficient (Wildman–Crippen LogP) is 0.791. The van der Waals surface area contributed by atoms with Gasteiger partial charge in [-0.25, -0.2) is 0 Å². The summed E-state index contributed by atoms with van der Waals surface area (Å²) in [4.78, 5) is 0. The van der Waals surface area contributed by atoms with Crippen molar-refractivity contribution in [3.63, 3.8) is 0 Å². The summed E-state index contributed by atoms with van der Waals surface area (Å²) in [5.74, 6) is 0. The van der Waals surface area contributed by atoms with Crippen molar-refractivity contribution in [1.29, 1.82) is 0 Å². The van der Waals surface area contributed by atoms with Gasteiger partial charge in [0.05, 0.1) is 6.10 Å². The van der Waals surface area contributed by atoms with Gasteiger partial charge in [-0.2, -0.15) is 0 Å². The first kappa shape index (κ1) is 5.12. The average Bonchev–Trinajstić information content (AvgIpc) is 2.86. The van der Waals surface area contributed by atoms with Crippen LogP contribution in [0.25, 0.3) is 0 Å². The second kappa shape index (κ2) is 1.21. The van der Waals surface area contributed by atoms with Crippen molar-refractivity contribution in [1.82, 2.24) is 0 Å². The Kier molecular flexibility index (Phi) is 0.564. The summed E-state index contributed by atoms with van der Waals surface area (Å²) in [6.45, 7) is 0. The van der Waals surface area contributed by atoms with E-state index in [1.54, 1.807) is 0 Å². The van der Waals surface area contributed by atoms with Gasteiger partial charge in [0.2, 0.25) is 0 Å². The molecule has 4 unspecified atom stereocenters. The minimum atomic E-state index is 0.127. The maximum Gasteiger partial charge on any atom is 0.125 e. The summed E-state index contributed by atoms with van der Waals surface area (Å²) in [7, 11) is 0. The summed E-state index contributed by atoms with van der Waals surface area (Å²) >= 11 is 0. The molecular weight excluding hydrogens is 140 g/mol. The Morgan fingerprint density at radius 3 is 3.45 bits per heavy atom. The van der Waals surface area contributed by atoms with Crippen molar-refractivity contribution in [2.24, 2.45) is 0 Å². The molecule has 4 atom stereocenters. The van der Waals surface area contributed by atoms with Crippen LogP contribution in [0, 0.1) is 0 Å². The fourth-order valence-electron chi connectivity index (χ4n) is 2.51. The molecular formula is C9H8O2. The van der Waals surface area contributed by atoms with Gasteiger partial charge in [0.1, 0.15) is 17.8 Å². The number of epoxide rings is 2. The first-order valence-electron chi connectivity index (χ1n) is 4.12. The fourth-order valence-corrected chi connectivity index (χ4v) is 2.51. The standard InChI is InChI=1S/C9H8O2/c1-2-5-8-6(10-8)4-9(5)7(3-1)11-9/h1-3,6-8H,4H2. The first-order chi connectivity index (χ1) is 5.40. The predicted molar refractivity (Wildman–Crippen MR) is 38.1 cm³/mol. The van der Waals surface area contributed by atoms with Gasteiger partial charge in [-0.3, -0.25) is 0 Å². The Balaban J connectivity index is 1.93. The Hall–Kier alpha value is -0.600. The Bertz CT molecular complexity index is 305. The smallest absolute Gasteiger partial charge is 0.125 e. The molecule has 4 rings (SSSR count). The van der Waals surface area contributed by atoms with E-state index in [0.717, 1.165) is 6.42 Å². The molecule has 2 aliphatic carbocycles. The van der Waals surface area contributed by atoms with E-state index in [1.165, 1.54) is 5.57 Å². The van der Waals surface area contributed by atoms with Crippen molar-refractivity contribution in [3.8, 4) is 0 Å². The summed E-state index contributed by atoms with van der Waals surface area (Å²) < 4.78 is 11.1. The average molecular weight is 148 g/mol. The molecule has 1 saturated carbocycles. The van der Waals surface area contributed by atoms with Gasteiger partial charge in [-0.05, 0) is 5.57 Å². The second-order valence-electron chi connectivity index (χ2n) is 3.73. The number of hydrogen-bond acceptors (Lipinski definition) is 2. The van der Waals surface area contributed by atoms with Crippen LogP contribution in [0.3, 0.4) is 0 Å². The molecule has 0 aromatic rings.